The molecule has 6 rings (SSSR count). The van der Waals surface area contributed by atoms with Crippen molar-refractivity contribution in [1.29, 1.82) is 0 Å². The highest BCUT2D eigenvalue weighted by atomic mass is 19.1. The molecular formula is C36H37FN6O4. The average Bonchev–Trinajstić information content (AvgIpc) is 3.46. The number of nitrogens with two attached hydrogens (primary N) is 2. The van der Waals surface area contributed by atoms with Crippen LogP contribution in [0.15, 0.2) is 78.0 Å². The number of halogens is 1. The number of amides is 2. The van der Waals surface area contributed by atoms with Gasteiger partial charge >= 0.3 is 0 Å². The minimum atomic E-state index is -0.928. The van der Waals surface area contributed by atoms with Gasteiger partial charge in [-0.25, -0.2) is 9.37 Å². The fourth-order valence-electron chi connectivity index (χ4n) is 6.44. The van der Waals surface area contributed by atoms with E-state index in [-0.39, 0.29) is 35.7 Å². The van der Waals surface area contributed by atoms with Crippen molar-refractivity contribution in [2.45, 2.75) is 39.5 Å². The van der Waals surface area contributed by atoms with E-state index >= 15 is 0 Å². The van der Waals surface area contributed by atoms with Crippen molar-refractivity contribution in [3.8, 4) is 33.7 Å². The van der Waals surface area contributed by atoms with E-state index in [1.807, 2.05) is 49.2 Å². The van der Waals surface area contributed by atoms with E-state index in [1.165, 1.54) is 28.8 Å². The molecule has 242 valence electrons. The van der Waals surface area contributed by atoms with E-state index in [2.05, 4.69) is 15.5 Å². The van der Waals surface area contributed by atoms with Gasteiger partial charge in [-0.1, -0.05) is 38.1 Å². The molecule has 47 heavy (non-hydrogen) atoms. The summed E-state index contributed by atoms with van der Waals surface area (Å²) in [5.74, 6) is -0.502. The standard InChI is InChI=1S/C36H37FN6O4/c1-4-47-32-28(20-43(36(46)30(32)34(39)44)26-11-9-25(37)10-12-26)23-7-5-22(6-8-23)27-19-29(42-18-15-40-33(38)31(27)42)24-13-16-41(17-14-24)35(45)21(2)3/h5-12,15,18-21,24H,4,13-14,16-17H2,1-3H3,(H2,38,40)(H2,39,44). The van der Waals surface area contributed by atoms with E-state index in [0.29, 0.717) is 35.7 Å². The molecule has 0 bridgehead atoms. The van der Waals surface area contributed by atoms with Crippen molar-refractivity contribution >= 4 is 23.1 Å². The van der Waals surface area contributed by atoms with Crippen LogP contribution in [0.2, 0.25) is 0 Å². The van der Waals surface area contributed by atoms with Gasteiger partial charge in [0.1, 0.15) is 22.9 Å². The van der Waals surface area contributed by atoms with Crippen LogP contribution >= 0.6 is 0 Å². The summed E-state index contributed by atoms with van der Waals surface area (Å²) in [6.45, 7) is 7.21. The molecule has 5 aromatic rings. The number of carbonyl (C=O) groups is 2. The molecule has 0 saturated carbocycles. The van der Waals surface area contributed by atoms with E-state index < -0.39 is 17.3 Å². The maximum atomic E-state index is 13.7. The number of anilines is 1. The number of pyridine rings is 1. The number of carbonyl (C=O) groups excluding carboxylic acids is 2. The van der Waals surface area contributed by atoms with Gasteiger partial charge in [0.15, 0.2) is 0 Å². The first-order chi connectivity index (χ1) is 22.6. The molecule has 10 nitrogen and oxygen atoms in total. The van der Waals surface area contributed by atoms with Gasteiger partial charge in [-0.2, -0.15) is 0 Å². The van der Waals surface area contributed by atoms with Gasteiger partial charge < -0.3 is 25.5 Å². The number of likely N-dealkylation sites (tertiary alicyclic amines) is 1. The fourth-order valence-corrected chi connectivity index (χ4v) is 6.44. The van der Waals surface area contributed by atoms with Gasteiger partial charge in [-0.15, -0.1) is 0 Å². The molecule has 4 N–H and O–H groups in total. The normalized spacial score (nSPS) is 13.8. The number of piperidine rings is 1. The molecule has 0 unspecified atom stereocenters. The van der Waals surface area contributed by atoms with Crippen LogP contribution in [-0.4, -0.2) is 50.4 Å². The Morgan fingerprint density at radius 1 is 1.02 bits per heavy atom. The van der Waals surface area contributed by atoms with Gasteiger partial charge in [0.2, 0.25) is 5.91 Å². The van der Waals surface area contributed by atoms with Crippen LogP contribution < -0.4 is 21.8 Å². The Morgan fingerprint density at radius 3 is 2.26 bits per heavy atom. The number of aromatic nitrogens is 3. The molecule has 2 amide bonds. The minimum Gasteiger partial charge on any atom is -0.492 e. The maximum absolute atomic E-state index is 13.7. The second kappa shape index (κ2) is 12.7. The maximum Gasteiger partial charge on any atom is 0.271 e. The third-order valence-electron chi connectivity index (χ3n) is 8.77. The Bertz CT molecular complexity index is 2020. The monoisotopic (exact) mass is 636 g/mol. The Hall–Kier alpha value is -5.45. The molecular weight excluding hydrogens is 599 g/mol. The van der Waals surface area contributed by atoms with Crippen LogP contribution in [0.3, 0.4) is 0 Å². The molecule has 4 heterocycles. The van der Waals surface area contributed by atoms with Gasteiger partial charge in [0.05, 0.1) is 12.1 Å². The van der Waals surface area contributed by atoms with E-state index in [0.717, 1.165) is 35.2 Å². The quantitative estimate of drug-likeness (QED) is 0.234. The summed E-state index contributed by atoms with van der Waals surface area (Å²) in [6.07, 6.45) is 6.88. The summed E-state index contributed by atoms with van der Waals surface area (Å²) in [5, 5.41) is 0. The first-order valence-corrected chi connectivity index (χ1v) is 15.7. The number of rotatable bonds is 8. The minimum absolute atomic E-state index is 0.0283. The molecule has 0 spiro atoms. The van der Waals surface area contributed by atoms with Crippen molar-refractivity contribution in [3.05, 3.63) is 101 Å². The lowest BCUT2D eigenvalue weighted by molar-refractivity contribution is -0.135. The van der Waals surface area contributed by atoms with Gasteiger partial charge in [0, 0.05) is 66.0 Å². The summed E-state index contributed by atoms with van der Waals surface area (Å²) in [6, 6.07) is 15.2. The summed E-state index contributed by atoms with van der Waals surface area (Å²) in [4.78, 5) is 44.9. The second-order valence-corrected chi connectivity index (χ2v) is 12.0. The summed E-state index contributed by atoms with van der Waals surface area (Å²) < 4.78 is 22.9. The van der Waals surface area contributed by atoms with Crippen LogP contribution in [0.25, 0.3) is 33.5 Å². The van der Waals surface area contributed by atoms with Crippen LogP contribution in [0, 0.1) is 11.7 Å². The number of benzene rings is 2. The smallest absolute Gasteiger partial charge is 0.271 e. The van der Waals surface area contributed by atoms with Gasteiger partial charge in [0.25, 0.3) is 11.5 Å². The number of hydrogen-bond donors (Lipinski definition) is 2. The predicted octanol–water partition coefficient (Wildman–Crippen LogP) is 5.40. The molecule has 3 aromatic heterocycles. The summed E-state index contributed by atoms with van der Waals surface area (Å²) in [5.41, 5.74) is 16.4. The molecule has 1 fully saturated rings. The van der Waals surface area contributed by atoms with E-state index in [1.54, 1.807) is 19.3 Å². The number of nitrogen functional groups attached to an aromatic ring is 1. The molecule has 0 radical (unpaired) electrons. The number of ether oxygens (including phenoxy) is 1. The number of nitrogens with zero attached hydrogens (tertiary/aromatic N) is 4. The van der Waals surface area contributed by atoms with Crippen molar-refractivity contribution < 1.29 is 18.7 Å². The second-order valence-electron chi connectivity index (χ2n) is 12.0. The van der Waals surface area contributed by atoms with Crippen LogP contribution in [0.5, 0.6) is 5.75 Å². The largest absolute Gasteiger partial charge is 0.492 e. The van der Waals surface area contributed by atoms with Crippen LogP contribution in [0.1, 0.15) is 55.6 Å². The Morgan fingerprint density at radius 2 is 1.66 bits per heavy atom. The Labute approximate surface area is 271 Å². The number of fused-ring (bicyclic) bond motifs is 1. The first kappa shape index (κ1) is 31.5. The highest BCUT2D eigenvalue weighted by Gasteiger charge is 2.28. The number of primary amides is 1. The van der Waals surface area contributed by atoms with Crippen LogP contribution in [0.4, 0.5) is 10.2 Å². The number of hydrogen-bond acceptors (Lipinski definition) is 6. The third-order valence-corrected chi connectivity index (χ3v) is 8.77. The third kappa shape index (κ3) is 5.84. The lowest BCUT2D eigenvalue weighted by atomic mass is 9.92. The topological polar surface area (TPSA) is 138 Å². The van der Waals surface area contributed by atoms with Crippen molar-refractivity contribution in [2.75, 3.05) is 25.4 Å². The molecule has 0 atom stereocenters. The Kier molecular flexibility index (Phi) is 8.55. The summed E-state index contributed by atoms with van der Waals surface area (Å²) >= 11 is 0. The molecule has 1 aliphatic heterocycles. The zero-order valence-electron chi connectivity index (χ0n) is 26.6. The zero-order chi connectivity index (χ0) is 33.4. The lowest BCUT2D eigenvalue weighted by Gasteiger charge is -2.33. The predicted molar refractivity (Wildman–Crippen MR) is 179 cm³/mol. The molecule has 2 aromatic carbocycles. The van der Waals surface area contributed by atoms with Crippen molar-refractivity contribution in [1.82, 2.24) is 18.9 Å². The molecule has 1 saturated heterocycles. The Balaban J connectivity index is 1.42. The van der Waals surface area contributed by atoms with Crippen LogP contribution in [-0.2, 0) is 4.79 Å². The van der Waals surface area contributed by atoms with Crippen molar-refractivity contribution in [3.63, 3.8) is 0 Å². The van der Waals surface area contributed by atoms with E-state index in [4.69, 9.17) is 16.2 Å². The summed E-state index contributed by atoms with van der Waals surface area (Å²) in [7, 11) is 0. The van der Waals surface area contributed by atoms with Gasteiger partial charge in [-0.05, 0) is 61.2 Å². The first-order valence-electron chi connectivity index (χ1n) is 15.7. The lowest BCUT2D eigenvalue weighted by Crippen LogP contribution is -2.40. The SMILES string of the molecule is CCOc1c(-c2ccc(-c3cc(C4CCN(C(=O)C(C)C)CC4)n4ccnc(N)c34)cc2)cn(-c2ccc(F)cc2)c(=O)c1C(N)=O. The fraction of sp³-hybridized carbons (Fsp3) is 0.278. The highest BCUT2D eigenvalue weighted by molar-refractivity contribution is 5.98. The molecule has 0 aliphatic carbocycles. The average molecular weight is 637 g/mol. The highest BCUT2D eigenvalue weighted by Crippen LogP contribution is 2.39. The molecule has 1 aliphatic rings. The zero-order valence-corrected chi connectivity index (χ0v) is 26.6. The molecule has 11 heteroatoms. The van der Waals surface area contributed by atoms with Gasteiger partial charge in [-0.3, -0.25) is 19.0 Å². The van der Waals surface area contributed by atoms with E-state index in [9.17, 15) is 18.8 Å². The van der Waals surface area contributed by atoms with Crippen molar-refractivity contribution in [2.24, 2.45) is 11.7 Å².